The average Bonchev–Trinajstić information content (AvgIpc) is 3.07. The molecule has 144 valence electrons. The highest BCUT2D eigenvalue weighted by atomic mass is 16.5. The Labute approximate surface area is 164 Å². The van der Waals surface area contributed by atoms with Crippen molar-refractivity contribution in [2.24, 2.45) is 5.73 Å². The van der Waals surface area contributed by atoms with Gasteiger partial charge in [0.1, 0.15) is 11.9 Å². The number of piperidine rings is 1. The van der Waals surface area contributed by atoms with Crippen molar-refractivity contribution in [2.45, 2.75) is 52.6 Å². The van der Waals surface area contributed by atoms with E-state index in [1.54, 1.807) is 6.92 Å². The number of hydrogen-bond acceptors (Lipinski definition) is 7. The van der Waals surface area contributed by atoms with Gasteiger partial charge in [-0.1, -0.05) is 5.16 Å². The second-order valence-electron chi connectivity index (χ2n) is 7.73. The van der Waals surface area contributed by atoms with Gasteiger partial charge in [-0.05, 0) is 63.8 Å². The first-order valence-electron chi connectivity index (χ1n) is 9.57. The van der Waals surface area contributed by atoms with Gasteiger partial charge in [0, 0.05) is 24.0 Å². The van der Waals surface area contributed by atoms with Crippen LogP contribution in [0.15, 0.2) is 16.7 Å². The molecule has 3 heterocycles. The van der Waals surface area contributed by atoms with Crippen molar-refractivity contribution in [1.29, 1.82) is 5.26 Å². The number of benzene rings is 1. The standard InChI is InChI=1S/C21H24N6O/c1-11-7-15(10-22)19-17(8-11)13(3)18(21-24-14(4)26-28-21)20(25-19)27-6-5-16(23)9-12(27)2/h7-8,12,16H,5-6,9,23H2,1-4H3/t12-,16-/m1/s1. The molecule has 0 spiro atoms. The number of aryl methyl sites for hydroxylation is 3. The molecule has 0 aliphatic carbocycles. The smallest absolute Gasteiger partial charge is 0.261 e. The number of pyridine rings is 1. The second-order valence-corrected chi connectivity index (χ2v) is 7.73. The molecule has 2 aromatic heterocycles. The quantitative estimate of drug-likeness (QED) is 0.731. The first-order valence-corrected chi connectivity index (χ1v) is 9.57. The molecule has 7 heteroatoms. The van der Waals surface area contributed by atoms with Crippen molar-refractivity contribution in [3.63, 3.8) is 0 Å². The predicted octanol–water partition coefficient (Wildman–Crippen LogP) is 3.40. The molecule has 2 atom stereocenters. The van der Waals surface area contributed by atoms with E-state index >= 15 is 0 Å². The first-order chi connectivity index (χ1) is 13.4. The van der Waals surface area contributed by atoms with E-state index in [4.69, 9.17) is 15.2 Å². The average molecular weight is 376 g/mol. The fourth-order valence-corrected chi connectivity index (χ4v) is 4.12. The van der Waals surface area contributed by atoms with Crippen LogP contribution in [0.2, 0.25) is 0 Å². The van der Waals surface area contributed by atoms with Crippen molar-refractivity contribution in [2.75, 3.05) is 11.4 Å². The van der Waals surface area contributed by atoms with Gasteiger partial charge in [0.2, 0.25) is 0 Å². The van der Waals surface area contributed by atoms with Crippen molar-refractivity contribution in [1.82, 2.24) is 15.1 Å². The van der Waals surface area contributed by atoms with E-state index in [0.29, 0.717) is 22.8 Å². The maximum Gasteiger partial charge on any atom is 0.261 e. The van der Waals surface area contributed by atoms with Gasteiger partial charge in [0.25, 0.3) is 5.89 Å². The molecule has 0 saturated carbocycles. The van der Waals surface area contributed by atoms with E-state index in [9.17, 15) is 5.26 Å². The third-order valence-electron chi connectivity index (χ3n) is 5.53. The summed E-state index contributed by atoms with van der Waals surface area (Å²) in [6.07, 6.45) is 1.78. The zero-order valence-corrected chi connectivity index (χ0v) is 16.7. The number of nitriles is 1. The summed E-state index contributed by atoms with van der Waals surface area (Å²) >= 11 is 0. The van der Waals surface area contributed by atoms with E-state index < -0.39 is 0 Å². The summed E-state index contributed by atoms with van der Waals surface area (Å²) in [6.45, 7) is 8.77. The largest absolute Gasteiger partial charge is 0.353 e. The SMILES string of the molecule is Cc1cc(C#N)c2nc(N3CC[C@@H](N)C[C@H]3C)c(-c3nc(C)no3)c(C)c2c1. The second kappa shape index (κ2) is 6.88. The molecule has 7 nitrogen and oxygen atoms in total. The fraction of sp³-hybridized carbons (Fsp3) is 0.429. The molecule has 0 amide bonds. The van der Waals surface area contributed by atoms with Crippen LogP contribution in [-0.2, 0) is 0 Å². The topological polar surface area (TPSA) is 105 Å². The summed E-state index contributed by atoms with van der Waals surface area (Å²) in [7, 11) is 0. The highest BCUT2D eigenvalue weighted by Crippen LogP contribution is 2.39. The Morgan fingerprint density at radius 1 is 1.25 bits per heavy atom. The van der Waals surface area contributed by atoms with E-state index in [2.05, 4.69) is 34.1 Å². The van der Waals surface area contributed by atoms with Crippen molar-refractivity contribution in [3.05, 3.63) is 34.6 Å². The van der Waals surface area contributed by atoms with E-state index in [0.717, 1.165) is 47.3 Å². The lowest BCUT2D eigenvalue weighted by atomic mass is 9.95. The molecule has 0 bridgehead atoms. The van der Waals surface area contributed by atoms with Crippen molar-refractivity contribution >= 4 is 16.7 Å². The molecule has 2 N–H and O–H groups in total. The minimum atomic E-state index is 0.194. The highest BCUT2D eigenvalue weighted by molar-refractivity contribution is 5.95. The van der Waals surface area contributed by atoms with E-state index in [1.165, 1.54) is 0 Å². The van der Waals surface area contributed by atoms with Gasteiger partial charge in [0.15, 0.2) is 5.82 Å². The molecular formula is C21H24N6O. The molecular weight excluding hydrogens is 352 g/mol. The molecule has 1 fully saturated rings. The van der Waals surface area contributed by atoms with Crippen LogP contribution in [0.4, 0.5) is 5.82 Å². The molecule has 0 unspecified atom stereocenters. The predicted molar refractivity (Wildman–Crippen MR) is 108 cm³/mol. The number of fused-ring (bicyclic) bond motifs is 1. The molecule has 1 aromatic carbocycles. The third kappa shape index (κ3) is 3.00. The lowest BCUT2D eigenvalue weighted by Crippen LogP contribution is -2.46. The van der Waals surface area contributed by atoms with Crippen LogP contribution in [-0.4, -0.2) is 33.8 Å². The normalized spacial score (nSPS) is 19.8. The lowest BCUT2D eigenvalue weighted by molar-refractivity contribution is 0.420. The Bertz CT molecular complexity index is 1100. The number of nitrogens with zero attached hydrogens (tertiary/aromatic N) is 5. The number of nitrogens with two attached hydrogens (primary N) is 1. The number of hydrogen-bond donors (Lipinski definition) is 1. The summed E-state index contributed by atoms with van der Waals surface area (Å²) in [6, 6.07) is 6.66. The number of aromatic nitrogens is 3. The van der Waals surface area contributed by atoms with Gasteiger partial charge >= 0.3 is 0 Å². The van der Waals surface area contributed by atoms with Crippen LogP contribution in [0.5, 0.6) is 0 Å². The fourth-order valence-electron chi connectivity index (χ4n) is 4.12. The Balaban J connectivity index is 2.03. The molecule has 0 radical (unpaired) electrons. The first kappa shape index (κ1) is 18.4. The molecule has 1 saturated heterocycles. The molecule has 1 aliphatic heterocycles. The summed E-state index contributed by atoms with van der Waals surface area (Å²) in [4.78, 5) is 11.7. The number of rotatable bonds is 2. The van der Waals surface area contributed by atoms with Gasteiger partial charge in [-0.25, -0.2) is 4.98 Å². The minimum absolute atomic E-state index is 0.194. The van der Waals surface area contributed by atoms with Crippen LogP contribution in [0, 0.1) is 32.1 Å². The Kier molecular flexibility index (Phi) is 4.52. The van der Waals surface area contributed by atoms with Crippen LogP contribution in [0.25, 0.3) is 22.4 Å². The lowest BCUT2D eigenvalue weighted by Gasteiger charge is -2.38. The van der Waals surface area contributed by atoms with E-state index in [-0.39, 0.29) is 12.1 Å². The van der Waals surface area contributed by atoms with Gasteiger partial charge in [-0.15, -0.1) is 0 Å². The van der Waals surface area contributed by atoms with Crippen molar-refractivity contribution < 1.29 is 4.52 Å². The van der Waals surface area contributed by atoms with Crippen molar-refractivity contribution in [3.8, 4) is 17.5 Å². The van der Waals surface area contributed by atoms with E-state index in [1.807, 2.05) is 19.9 Å². The monoisotopic (exact) mass is 376 g/mol. The Morgan fingerprint density at radius 3 is 2.68 bits per heavy atom. The number of anilines is 1. The van der Waals surface area contributed by atoms with Crippen LogP contribution in [0.1, 0.15) is 42.3 Å². The van der Waals surface area contributed by atoms with Gasteiger partial charge in [-0.2, -0.15) is 10.2 Å². The van der Waals surface area contributed by atoms with Gasteiger partial charge in [0.05, 0.1) is 16.6 Å². The summed E-state index contributed by atoms with van der Waals surface area (Å²) in [5, 5.41) is 14.6. The van der Waals surface area contributed by atoms with Gasteiger partial charge in [-0.3, -0.25) is 0 Å². The van der Waals surface area contributed by atoms with Crippen LogP contribution >= 0.6 is 0 Å². The Morgan fingerprint density at radius 2 is 2.04 bits per heavy atom. The highest BCUT2D eigenvalue weighted by Gasteiger charge is 2.30. The Hall–Kier alpha value is -2.98. The minimum Gasteiger partial charge on any atom is -0.353 e. The molecule has 3 aromatic rings. The zero-order chi connectivity index (χ0) is 20.0. The maximum atomic E-state index is 9.67. The summed E-state index contributed by atoms with van der Waals surface area (Å²) < 4.78 is 5.54. The molecule has 28 heavy (non-hydrogen) atoms. The maximum absolute atomic E-state index is 9.67. The molecule has 1 aliphatic rings. The summed E-state index contributed by atoms with van der Waals surface area (Å²) in [5.41, 5.74) is 10.3. The van der Waals surface area contributed by atoms with Crippen LogP contribution in [0.3, 0.4) is 0 Å². The van der Waals surface area contributed by atoms with Crippen LogP contribution < -0.4 is 10.6 Å². The molecule has 4 rings (SSSR count). The third-order valence-corrected chi connectivity index (χ3v) is 5.53. The zero-order valence-electron chi connectivity index (χ0n) is 16.7. The summed E-state index contributed by atoms with van der Waals surface area (Å²) in [5.74, 6) is 1.83. The van der Waals surface area contributed by atoms with Gasteiger partial charge < -0.3 is 15.2 Å².